The van der Waals surface area contributed by atoms with Gasteiger partial charge >= 0.3 is 6.36 Å². The van der Waals surface area contributed by atoms with E-state index in [0.29, 0.717) is 30.9 Å². The van der Waals surface area contributed by atoms with E-state index in [-0.39, 0.29) is 11.3 Å². The molecule has 0 aliphatic carbocycles. The van der Waals surface area contributed by atoms with E-state index in [1.807, 2.05) is 0 Å². The third kappa shape index (κ3) is 4.27. The molecule has 0 radical (unpaired) electrons. The minimum absolute atomic E-state index is 0.259. The molecule has 0 spiro atoms. The lowest BCUT2D eigenvalue weighted by Crippen LogP contribution is -2.47. The fourth-order valence-corrected chi connectivity index (χ4v) is 2.72. The smallest absolute Gasteiger partial charge is 0.406 e. The van der Waals surface area contributed by atoms with Crippen molar-refractivity contribution in [1.82, 2.24) is 9.97 Å². The number of halogens is 3. The molecule has 3 N–H and O–H groups in total. The summed E-state index contributed by atoms with van der Waals surface area (Å²) < 4.78 is 45.7. The van der Waals surface area contributed by atoms with E-state index in [1.165, 1.54) is 24.3 Å². The van der Waals surface area contributed by atoms with Crippen molar-refractivity contribution in [3.8, 4) is 17.0 Å². The highest BCUT2D eigenvalue weighted by Crippen LogP contribution is 2.27. The molecule has 5 nitrogen and oxygen atoms in total. The van der Waals surface area contributed by atoms with Crippen LogP contribution in [0.25, 0.3) is 11.3 Å². The van der Waals surface area contributed by atoms with E-state index >= 15 is 0 Å². The van der Waals surface area contributed by atoms with Crippen LogP contribution in [0.1, 0.15) is 18.7 Å². The molecule has 0 bridgehead atoms. The van der Waals surface area contributed by atoms with Gasteiger partial charge in [-0.25, -0.2) is 4.98 Å². The van der Waals surface area contributed by atoms with Crippen LogP contribution in [-0.4, -0.2) is 35.1 Å². The summed E-state index contributed by atoms with van der Waals surface area (Å²) in [5.41, 5.74) is 7.37. The number of hydrogen-bond acceptors (Lipinski definition) is 4. The van der Waals surface area contributed by atoms with Crippen molar-refractivity contribution in [2.24, 2.45) is 5.73 Å². The highest BCUT2D eigenvalue weighted by molar-refractivity contribution is 5.59. The molecule has 0 atom stereocenters. The van der Waals surface area contributed by atoms with Gasteiger partial charge in [0.1, 0.15) is 11.6 Å². The fraction of sp³-hybridized carbons (Fsp3) is 0.438. The molecular weight excluding hydrogens is 323 g/mol. The second-order valence-corrected chi connectivity index (χ2v) is 5.96. The minimum atomic E-state index is -4.69. The Morgan fingerprint density at radius 2 is 1.88 bits per heavy atom. The number of aromatic amines is 1. The molecule has 130 valence electrons. The van der Waals surface area contributed by atoms with Gasteiger partial charge in [0, 0.05) is 36.9 Å². The van der Waals surface area contributed by atoms with Crippen molar-refractivity contribution in [3.05, 3.63) is 36.3 Å². The Kier molecular flexibility index (Phi) is 4.51. The van der Waals surface area contributed by atoms with E-state index in [4.69, 9.17) is 10.5 Å². The van der Waals surface area contributed by atoms with Crippen LogP contribution in [0.5, 0.6) is 5.75 Å². The Balaban J connectivity index is 1.69. The number of hydrogen-bond donors (Lipinski definition) is 2. The number of benzene rings is 1. The van der Waals surface area contributed by atoms with Crippen LogP contribution in [0.2, 0.25) is 0 Å². The maximum atomic E-state index is 12.2. The predicted molar refractivity (Wildman–Crippen MR) is 81.4 cm³/mol. The Hall–Kier alpha value is -2.06. The van der Waals surface area contributed by atoms with Gasteiger partial charge in [-0.05, 0) is 37.1 Å². The molecule has 1 aromatic heterocycles. The Bertz CT molecular complexity index is 677. The zero-order valence-electron chi connectivity index (χ0n) is 12.9. The molecule has 1 aliphatic heterocycles. The van der Waals surface area contributed by atoms with Crippen LogP contribution in [0.3, 0.4) is 0 Å². The van der Waals surface area contributed by atoms with E-state index in [1.54, 1.807) is 6.20 Å². The zero-order valence-corrected chi connectivity index (χ0v) is 12.9. The Morgan fingerprint density at radius 1 is 1.21 bits per heavy atom. The second-order valence-electron chi connectivity index (χ2n) is 5.96. The van der Waals surface area contributed by atoms with E-state index < -0.39 is 6.36 Å². The van der Waals surface area contributed by atoms with Gasteiger partial charge in [-0.3, -0.25) is 0 Å². The number of ether oxygens (including phenoxy) is 2. The number of imidazole rings is 1. The lowest BCUT2D eigenvalue weighted by atomic mass is 9.88. The fourth-order valence-electron chi connectivity index (χ4n) is 2.72. The number of nitrogens with zero attached hydrogens (tertiary/aromatic N) is 1. The minimum Gasteiger partial charge on any atom is -0.406 e. The summed E-state index contributed by atoms with van der Waals surface area (Å²) in [7, 11) is 0. The topological polar surface area (TPSA) is 73.2 Å². The molecular formula is C16H18F3N3O2. The number of alkyl halides is 3. The van der Waals surface area contributed by atoms with Crippen LogP contribution >= 0.6 is 0 Å². The average Bonchev–Trinajstić information content (AvgIpc) is 2.95. The van der Waals surface area contributed by atoms with Gasteiger partial charge in [-0.15, -0.1) is 13.2 Å². The summed E-state index contributed by atoms with van der Waals surface area (Å²) in [6.45, 7) is 1.29. The first kappa shape index (κ1) is 16.8. The van der Waals surface area contributed by atoms with E-state index in [2.05, 4.69) is 14.7 Å². The molecule has 1 aliphatic rings. The highest BCUT2D eigenvalue weighted by atomic mass is 19.4. The normalized spacial score (nSPS) is 17.7. The van der Waals surface area contributed by atoms with Gasteiger partial charge in [-0.1, -0.05) is 0 Å². The number of nitrogens with one attached hydrogen (secondary N) is 1. The molecule has 8 heteroatoms. The molecule has 0 saturated carbocycles. The van der Waals surface area contributed by atoms with Crippen LogP contribution in [-0.2, 0) is 11.2 Å². The SMILES string of the molecule is NC1(Cc2nc(-c3ccc(OC(F)(F)F)cc3)c[nH]2)CCOCC1. The Labute approximate surface area is 137 Å². The summed E-state index contributed by atoms with van der Waals surface area (Å²) in [6, 6.07) is 5.60. The number of H-pyrrole nitrogens is 1. The van der Waals surface area contributed by atoms with Gasteiger partial charge in [0.2, 0.25) is 0 Å². The highest BCUT2D eigenvalue weighted by Gasteiger charge is 2.31. The van der Waals surface area contributed by atoms with Gasteiger partial charge in [-0.2, -0.15) is 0 Å². The van der Waals surface area contributed by atoms with Crippen molar-refractivity contribution >= 4 is 0 Å². The molecule has 1 aromatic carbocycles. The largest absolute Gasteiger partial charge is 0.573 e. The van der Waals surface area contributed by atoms with E-state index in [0.717, 1.165) is 18.7 Å². The standard InChI is InChI=1S/C16H18F3N3O2/c17-16(18,19)24-12-3-1-11(2-4-12)13-10-21-14(22-13)9-15(20)5-7-23-8-6-15/h1-4,10H,5-9,20H2,(H,21,22). The van der Waals surface area contributed by atoms with Crippen molar-refractivity contribution in [3.63, 3.8) is 0 Å². The van der Waals surface area contributed by atoms with Crippen LogP contribution in [0.15, 0.2) is 30.5 Å². The summed E-state index contributed by atoms with van der Waals surface area (Å²) in [5.74, 6) is 0.496. The van der Waals surface area contributed by atoms with Gasteiger partial charge < -0.3 is 20.2 Å². The molecule has 24 heavy (non-hydrogen) atoms. The summed E-state index contributed by atoms with van der Waals surface area (Å²) in [5, 5.41) is 0. The molecule has 3 rings (SSSR count). The monoisotopic (exact) mass is 341 g/mol. The van der Waals surface area contributed by atoms with Gasteiger partial charge in [0.05, 0.1) is 5.69 Å². The number of rotatable bonds is 4. The van der Waals surface area contributed by atoms with Crippen LogP contribution in [0, 0.1) is 0 Å². The third-order valence-corrected chi connectivity index (χ3v) is 4.02. The van der Waals surface area contributed by atoms with E-state index in [9.17, 15) is 13.2 Å². The second kappa shape index (κ2) is 6.45. The lowest BCUT2D eigenvalue weighted by molar-refractivity contribution is -0.274. The van der Waals surface area contributed by atoms with Gasteiger partial charge in [0.15, 0.2) is 0 Å². The maximum Gasteiger partial charge on any atom is 0.573 e. The number of nitrogens with two attached hydrogens (primary N) is 1. The third-order valence-electron chi connectivity index (χ3n) is 4.02. The molecule has 0 amide bonds. The summed E-state index contributed by atoms with van der Waals surface area (Å²) in [4.78, 5) is 7.57. The molecule has 0 unspecified atom stereocenters. The van der Waals surface area contributed by atoms with Crippen molar-refractivity contribution in [2.75, 3.05) is 13.2 Å². The maximum absolute atomic E-state index is 12.2. The summed E-state index contributed by atoms with van der Waals surface area (Å²) >= 11 is 0. The molecule has 1 fully saturated rings. The van der Waals surface area contributed by atoms with Crippen molar-refractivity contribution in [1.29, 1.82) is 0 Å². The molecule has 2 heterocycles. The average molecular weight is 341 g/mol. The zero-order chi connectivity index (χ0) is 17.2. The summed E-state index contributed by atoms with van der Waals surface area (Å²) in [6.07, 6.45) is -0.831. The first-order valence-corrected chi connectivity index (χ1v) is 7.60. The molecule has 1 saturated heterocycles. The first-order valence-electron chi connectivity index (χ1n) is 7.60. The van der Waals surface area contributed by atoms with Crippen LogP contribution < -0.4 is 10.5 Å². The lowest BCUT2D eigenvalue weighted by Gasteiger charge is -2.32. The quantitative estimate of drug-likeness (QED) is 0.897. The Morgan fingerprint density at radius 3 is 2.50 bits per heavy atom. The van der Waals surface area contributed by atoms with Gasteiger partial charge in [0.25, 0.3) is 0 Å². The van der Waals surface area contributed by atoms with Crippen molar-refractivity contribution in [2.45, 2.75) is 31.2 Å². The molecule has 2 aromatic rings. The predicted octanol–water partition coefficient (Wildman–Crippen LogP) is 3.03. The first-order chi connectivity index (χ1) is 11.3. The van der Waals surface area contributed by atoms with Crippen molar-refractivity contribution < 1.29 is 22.6 Å². The number of aromatic nitrogens is 2. The van der Waals surface area contributed by atoms with Crippen LogP contribution in [0.4, 0.5) is 13.2 Å².